The summed E-state index contributed by atoms with van der Waals surface area (Å²) in [6.07, 6.45) is -2.22. The molecule has 5 amide bonds. The van der Waals surface area contributed by atoms with Gasteiger partial charge < -0.3 is 41.5 Å². The normalized spacial score (nSPS) is 14.9. The molecular formula is C35H54N6O8S. The molecule has 7 N–H and O–H groups in total. The number of hydrogen-bond donors (Lipinski definition) is 7. The molecule has 50 heavy (non-hydrogen) atoms. The number of aliphatic hydroxyl groups excluding tert-OH is 1. The highest BCUT2D eigenvalue weighted by Gasteiger charge is 2.32. The molecule has 1 aromatic carbocycles. The Morgan fingerprint density at radius 2 is 1.46 bits per heavy atom. The number of thiazole rings is 1. The molecule has 2 rings (SSSR count). The average Bonchev–Trinajstić information content (AvgIpc) is 3.47. The smallest absolute Gasteiger partial charge is 0.404 e. The number of hydrogen-bond acceptors (Lipinski definition) is 9. The minimum atomic E-state index is -1.38. The van der Waals surface area contributed by atoms with Crippen LogP contribution in [0, 0.1) is 30.6 Å². The second-order valence-electron chi connectivity index (χ2n) is 13.5. The lowest BCUT2D eigenvalue weighted by Gasteiger charge is -2.29. The number of carbonyl (C=O) groups is 5. The maximum absolute atomic E-state index is 13.7. The van der Waals surface area contributed by atoms with Crippen LogP contribution in [-0.4, -0.2) is 89.3 Å². The molecule has 1 aromatic heterocycles. The van der Waals surface area contributed by atoms with Crippen LogP contribution in [0.4, 0.5) is 4.79 Å². The molecule has 0 bridgehead atoms. The number of benzene rings is 1. The molecule has 0 fully saturated rings. The summed E-state index contributed by atoms with van der Waals surface area (Å²) >= 11 is 1.42. The molecule has 15 heteroatoms. The number of carbonyl (C=O) groups excluding carboxylic acids is 4. The summed E-state index contributed by atoms with van der Waals surface area (Å²) < 4.78 is 5.24. The largest absolute Gasteiger partial charge is 0.497 e. The molecule has 2 aromatic rings. The standard InChI is InChI=1S/C35H54N6O8S/c1-19(2)16-36-34(46)30(20(3)4)41-32(44)21(5)13-28(42)26(15-24-9-11-25(49-8)12-10-24)39-33(45)27(17-37-35(47)48)40-31(43)22(6)14-29-38-23(7)18-50-29/h9-12,18-22,26-28,30,37,42H,13-17H2,1-8H3,(H,36,46)(H,39,45)(H,40,43)(H,41,44)(H,47,48)/t21-,22+,26+,27+,28+,30+/m1/s1. The highest BCUT2D eigenvalue weighted by Crippen LogP contribution is 2.18. The van der Waals surface area contributed by atoms with Gasteiger partial charge in [-0.3, -0.25) is 19.2 Å². The van der Waals surface area contributed by atoms with Crippen molar-refractivity contribution in [3.8, 4) is 5.75 Å². The van der Waals surface area contributed by atoms with Gasteiger partial charge in [0.2, 0.25) is 23.6 Å². The lowest BCUT2D eigenvalue weighted by atomic mass is 9.92. The SMILES string of the molecule is COc1ccc(C[C@H](NC(=O)[C@H](CNC(=O)O)NC(=O)[C@@H](C)Cc2nc(C)cs2)[C@@H](O)C[C@@H](C)C(=O)N[C@H](C(=O)NCC(C)C)C(C)C)cc1. The Kier molecular flexibility index (Phi) is 17.1. The number of ether oxygens (including phenoxy) is 1. The number of rotatable bonds is 20. The van der Waals surface area contributed by atoms with Crippen LogP contribution in [0.1, 0.15) is 64.2 Å². The first kappa shape index (κ1) is 41.9. The van der Waals surface area contributed by atoms with Crippen LogP contribution in [0.15, 0.2) is 29.6 Å². The van der Waals surface area contributed by atoms with Gasteiger partial charge in [0.25, 0.3) is 0 Å². The lowest BCUT2D eigenvalue weighted by molar-refractivity contribution is -0.133. The third-order valence-corrected chi connectivity index (χ3v) is 9.06. The van der Waals surface area contributed by atoms with Gasteiger partial charge >= 0.3 is 6.09 Å². The predicted molar refractivity (Wildman–Crippen MR) is 191 cm³/mol. The fourth-order valence-corrected chi connectivity index (χ4v) is 5.93. The number of nitrogens with zero attached hydrogens (tertiary/aromatic N) is 1. The van der Waals surface area contributed by atoms with Gasteiger partial charge in [0.15, 0.2) is 0 Å². The van der Waals surface area contributed by atoms with E-state index in [-0.39, 0.29) is 30.6 Å². The second-order valence-corrected chi connectivity index (χ2v) is 14.4. The number of aliphatic hydroxyl groups is 1. The average molecular weight is 719 g/mol. The Hall–Kier alpha value is -4.24. The van der Waals surface area contributed by atoms with E-state index in [2.05, 4.69) is 31.6 Å². The van der Waals surface area contributed by atoms with Crippen molar-refractivity contribution in [2.75, 3.05) is 20.2 Å². The molecule has 0 aliphatic rings. The minimum absolute atomic E-state index is 0.0694. The van der Waals surface area contributed by atoms with Crippen molar-refractivity contribution in [2.45, 2.75) is 92.0 Å². The van der Waals surface area contributed by atoms with Gasteiger partial charge in [0.05, 0.1) is 30.8 Å². The summed E-state index contributed by atoms with van der Waals surface area (Å²) in [5, 5.41) is 36.6. The summed E-state index contributed by atoms with van der Waals surface area (Å²) in [5.41, 5.74) is 1.58. The molecule has 14 nitrogen and oxygen atoms in total. The van der Waals surface area contributed by atoms with Crippen molar-refractivity contribution in [1.82, 2.24) is 31.6 Å². The number of nitrogens with one attached hydrogen (secondary N) is 5. The first-order valence-electron chi connectivity index (χ1n) is 16.9. The molecule has 0 saturated heterocycles. The van der Waals surface area contributed by atoms with E-state index in [1.54, 1.807) is 38.1 Å². The van der Waals surface area contributed by atoms with E-state index in [1.165, 1.54) is 18.4 Å². The Morgan fingerprint density at radius 1 is 0.820 bits per heavy atom. The summed E-state index contributed by atoms with van der Waals surface area (Å²) in [7, 11) is 1.53. The van der Waals surface area contributed by atoms with Crippen molar-refractivity contribution in [1.29, 1.82) is 0 Å². The highest BCUT2D eigenvalue weighted by molar-refractivity contribution is 7.09. The number of carboxylic acid groups (broad SMARTS) is 1. The summed E-state index contributed by atoms with van der Waals surface area (Å²) in [4.78, 5) is 68.6. The maximum atomic E-state index is 13.7. The molecule has 0 aliphatic carbocycles. The van der Waals surface area contributed by atoms with E-state index in [1.807, 2.05) is 40.0 Å². The van der Waals surface area contributed by atoms with Crippen molar-refractivity contribution >= 4 is 41.1 Å². The number of aromatic nitrogens is 1. The van der Waals surface area contributed by atoms with E-state index >= 15 is 0 Å². The molecule has 6 atom stereocenters. The first-order chi connectivity index (χ1) is 23.5. The summed E-state index contributed by atoms with van der Waals surface area (Å²) in [6.45, 7) is 12.8. The highest BCUT2D eigenvalue weighted by atomic mass is 32.1. The lowest BCUT2D eigenvalue weighted by Crippen LogP contribution is -2.57. The van der Waals surface area contributed by atoms with E-state index < -0.39 is 66.4 Å². The zero-order chi connectivity index (χ0) is 37.5. The quantitative estimate of drug-likeness (QED) is 0.107. The summed E-state index contributed by atoms with van der Waals surface area (Å²) in [5.74, 6) is -2.58. The molecule has 0 saturated carbocycles. The number of aryl methyl sites for hydroxylation is 1. The molecule has 0 unspecified atom stereocenters. The molecule has 0 spiro atoms. The third-order valence-electron chi connectivity index (χ3n) is 8.07. The van der Waals surface area contributed by atoms with Crippen LogP contribution in [0.5, 0.6) is 5.75 Å². The van der Waals surface area contributed by atoms with E-state index in [4.69, 9.17) is 4.74 Å². The zero-order valence-corrected chi connectivity index (χ0v) is 31.1. The Balaban J connectivity index is 2.24. The Labute approximate surface area is 298 Å². The molecule has 278 valence electrons. The van der Waals surface area contributed by atoms with Gasteiger partial charge in [-0.15, -0.1) is 11.3 Å². The van der Waals surface area contributed by atoms with E-state index in [9.17, 15) is 34.2 Å². The Bertz CT molecular complexity index is 1420. The van der Waals surface area contributed by atoms with Gasteiger partial charge in [0, 0.05) is 35.9 Å². The fraction of sp³-hybridized carbons (Fsp3) is 0.600. The maximum Gasteiger partial charge on any atom is 0.404 e. The minimum Gasteiger partial charge on any atom is -0.497 e. The van der Waals surface area contributed by atoms with E-state index in [0.29, 0.717) is 18.7 Å². The van der Waals surface area contributed by atoms with Gasteiger partial charge in [-0.1, -0.05) is 53.7 Å². The van der Waals surface area contributed by atoms with Crippen LogP contribution in [0.3, 0.4) is 0 Å². The molecule has 0 aliphatic heterocycles. The van der Waals surface area contributed by atoms with Crippen molar-refractivity contribution in [3.63, 3.8) is 0 Å². The second kappa shape index (κ2) is 20.4. The van der Waals surface area contributed by atoms with Gasteiger partial charge in [0.1, 0.15) is 17.8 Å². The fourth-order valence-electron chi connectivity index (χ4n) is 5.02. The molecular weight excluding hydrogens is 664 g/mol. The first-order valence-corrected chi connectivity index (χ1v) is 17.8. The monoisotopic (exact) mass is 718 g/mol. The number of amides is 5. The third kappa shape index (κ3) is 14.3. The van der Waals surface area contributed by atoms with Crippen LogP contribution in [0.2, 0.25) is 0 Å². The van der Waals surface area contributed by atoms with Crippen LogP contribution < -0.4 is 31.3 Å². The van der Waals surface area contributed by atoms with Crippen LogP contribution in [-0.2, 0) is 32.0 Å². The molecule has 0 radical (unpaired) electrons. The predicted octanol–water partition coefficient (Wildman–Crippen LogP) is 2.42. The van der Waals surface area contributed by atoms with E-state index in [0.717, 1.165) is 16.3 Å². The van der Waals surface area contributed by atoms with Crippen LogP contribution in [0.25, 0.3) is 0 Å². The van der Waals surface area contributed by atoms with Gasteiger partial charge in [-0.25, -0.2) is 9.78 Å². The summed E-state index contributed by atoms with van der Waals surface area (Å²) in [6, 6.07) is 4.00. The van der Waals surface area contributed by atoms with Crippen LogP contribution >= 0.6 is 11.3 Å². The number of methoxy groups -OCH3 is 1. The Morgan fingerprint density at radius 3 is 2.00 bits per heavy atom. The van der Waals surface area contributed by atoms with Crippen molar-refractivity contribution < 1.29 is 38.9 Å². The van der Waals surface area contributed by atoms with Crippen molar-refractivity contribution in [3.05, 3.63) is 45.9 Å². The molecule has 1 heterocycles. The van der Waals surface area contributed by atoms with Gasteiger partial charge in [-0.05, 0) is 49.3 Å². The van der Waals surface area contributed by atoms with Crippen molar-refractivity contribution in [2.24, 2.45) is 23.7 Å². The zero-order valence-electron chi connectivity index (χ0n) is 30.2. The van der Waals surface area contributed by atoms with Gasteiger partial charge in [-0.2, -0.15) is 0 Å². The topological polar surface area (TPSA) is 208 Å².